The molecule has 0 radical (unpaired) electrons. The Morgan fingerprint density at radius 3 is 2.70 bits per heavy atom. The summed E-state index contributed by atoms with van der Waals surface area (Å²) in [6, 6.07) is 7.90. The van der Waals surface area contributed by atoms with Crippen molar-refractivity contribution in [3.8, 4) is 0 Å². The molecule has 4 nitrogen and oxygen atoms in total. The van der Waals surface area contributed by atoms with Crippen LogP contribution in [0.15, 0.2) is 24.3 Å². The summed E-state index contributed by atoms with van der Waals surface area (Å²) in [6.45, 7) is 6.01. The molecule has 1 saturated heterocycles. The maximum absolute atomic E-state index is 12.4. The number of amides is 2. The highest BCUT2D eigenvalue weighted by Gasteiger charge is 2.46. The Bertz CT molecular complexity index is 580. The molecule has 0 saturated carbocycles. The number of hydrogen-bond donors (Lipinski definition) is 1. The highest BCUT2D eigenvalue weighted by atomic mass is 16.2. The van der Waals surface area contributed by atoms with Crippen LogP contribution in [0.25, 0.3) is 0 Å². The summed E-state index contributed by atoms with van der Waals surface area (Å²) in [5.41, 5.74) is 1.90. The van der Waals surface area contributed by atoms with Crippen LogP contribution in [0.3, 0.4) is 0 Å². The van der Waals surface area contributed by atoms with E-state index in [9.17, 15) is 9.59 Å². The summed E-state index contributed by atoms with van der Waals surface area (Å²) in [4.78, 5) is 26.2. The minimum atomic E-state index is -0.770. The first-order chi connectivity index (χ1) is 9.41. The fourth-order valence-electron chi connectivity index (χ4n) is 3.13. The maximum Gasteiger partial charge on any atom is 0.246 e. The lowest BCUT2D eigenvalue weighted by Gasteiger charge is -2.46. The van der Waals surface area contributed by atoms with Crippen molar-refractivity contribution >= 4 is 11.8 Å². The molecule has 1 aliphatic heterocycles. The van der Waals surface area contributed by atoms with Crippen LogP contribution in [0, 0.1) is 0 Å². The molecular formula is C16H20N2O2. The Kier molecular flexibility index (Phi) is 2.85. The van der Waals surface area contributed by atoms with Gasteiger partial charge in [0.15, 0.2) is 0 Å². The van der Waals surface area contributed by atoms with Gasteiger partial charge in [0.2, 0.25) is 11.8 Å². The van der Waals surface area contributed by atoms with Gasteiger partial charge in [-0.1, -0.05) is 24.3 Å². The quantitative estimate of drug-likeness (QED) is 0.886. The number of carbonyl (C=O) groups excluding carboxylic acids is 2. The van der Waals surface area contributed by atoms with Crippen LogP contribution in [0.2, 0.25) is 0 Å². The zero-order valence-corrected chi connectivity index (χ0v) is 12.1. The zero-order chi connectivity index (χ0) is 14.5. The molecule has 3 rings (SSSR count). The average Bonchev–Trinajstić information content (AvgIpc) is 2.37. The molecule has 0 spiro atoms. The van der Waals surface area contributed by atoms with Crippen LogP contribution in [-0.2, 0) is 16.0 Å². The molecule has 1 aromatic carbocycles. The largest absolute Gasteiger partial charge is 0.343 e. The van der Waals surface area contributed by atoms with Crippen molar-refractivity contribution in [2.24, 2.45) is 0 Å². The number of carbonyl (C=O) groups is 2. The molecule has 1 heterocycles. The van der Waals surface area contributed by atoms with Crippen LogP contribution in [0.4, 0.5) is 0 Å². The maximum atomic E-state index is 12.4. The summed E-state index contributed by atoms with van der Waals surface area (Å²) >= 11 is 0. The van der Waals surface area contributed by atoms with Crippen molar-refractivity contribution < 1.29 is 9.59 Å². The third kappa shape index (κ3) is 1.82. The van der Waals surface area contributed by atoms with Crippen molar-refractivity contribution in [1.82, 2.24) is 10.2 Å². The first-order valence-corrected chi connectivity index (χ1v) is 7.11. The van der Waals surface area contributed by atoms with E-state index < -0.39 is 11.6 Å². The molecule has 20 heavy (non-hydrogen) atoms. The second-order valence-corrected chi connectivity index (χ2v) is 6.30. The lowest BCUT2D eigenvalue weighted by atomic mass is 9.76. The highest BCUT2D eigenvalue weighted by Crippen LogP contribution is 2.37. The number of fused-ring (bicyclic) bond motifs is 1. The van der Waals surface area contributed by atoms with Gasteiger partial charge in [-0.2, -0.15) is 0 Å². The van der Waals surface area contributed by atoms with Crippen molar-refractivity contribution in [2.45, 2.75) is 44.7 Å². The first kappa shape index (κ1) is 13.2. The molecule has 1 aromatic rings. The van der Waals surface area contributed by atoms with Gasteiger partial charge in [0, 0.05) is 12.5 Å². The van der Waals surface area contributed by atoms with E-state index in [1.54, 1.807) is 11.8 Å². The minimum absolute atomic E-state index is 0.0129. The number of hydrogen-bond acceptors (Lipinski definition) is 2. The fourth-order valence-corrected chi connectivity index (χ4v) is 3.13. The van der Waals surface area contributed by atoms with E-state index in [1.807, 2.05) is 26.0 Å². The molecule has 0 aromatic heterocycles. The molecule has 1 fully saturated rings. The number of nitrogens with zero attached hydrogens (tertiary/aromatic N) is 1. The summed E-state index contributed by atoms with van der Waals surface area (Å²) in [5, 5.41) is 2.75. The monoisotopic (exact) mass is 272 g/mol. The van der Waals surface area contributed by atoms with Crippen molar-refractivity contribution in [3.63, 3.8) is 0 Å². The normalized spacial score (nSPS) is 27.6. The van der Waals surface area contributed by atoms with Crippen LogP contribution in [-0.4, -0.2) is 34.8 Å². The van der Waals surface area contributed by atoms with Crippen LogP contribution in [0.5, 0.6) is 0 Å². The predicted molar refractivity (Wildman–Crippen MR) is 76.3 cm³/mol. The molecule has 0 bridgehead atoms. The lowest BCUT2D eigenvalue weighted by Crippen LogP contribution is -2.68. The highest BCUT2D eigenvalue weighted by molar-refractivity contribution is 5.99. The van der Waals surface area contributed by atoms with Gasteiger partial charge in [-0.05, 0) is 38.3 Å². The van der Waals surface area contributed by atoms with Gasteiger partial charge in [-0.3, -0.25) is 9.59 Å². The molecule has 2 unspecified atom stereocenters. The number of benzene rings is 1. The van der Waals surface area contributed by atoms with Crippen molar-refractivity contribution in [2.75, 3.05) is 6.54 Å². The van der Waals surface area contributed by atoms with Gasteiger partial charge in [0.1, 0.15) is 11.6 Å². The summed E-state index contributed by atoms with van der Waals surface area (Å²) in [5.74, 6) is 0.295. The Labute approximate surface area is 119 Å². The Balaban J connectivity index is 1.83. The number of rotatable bonds is 2. The molecule has 106 valence electrons. The predicted octanol–water partition coefficient (Wildman–Crippen LogP) is 1.45. The van der Waals surface area contributed by atoms with Gasteiger partial charge >= 0.3 is 0 Å². The smallest absolute Gasteiger partial charge is 0.246 e. The van der Waals surface area contributed by atoms with Gasteiger partial charge < -0.3 is 10.2 Å². The van der Waals surface area contributed by atoms with E-state index in [4.69, 9.17) is 0 Å². The van der Waals surface area contributed by atoms with Gasteiger partial charge in [0.25, 0.3) is 0 Å². The van der Waals surface area contributed by atoms with E-state index >= 15 is 0 Å². The van der Waals surface area contributed by atoms with Crippen LogP contribution < -0.4 is 5.32 Å². The van der Waals surface area contributed by atoms with E-state index in [0.29, 0.717) is 12.5 Å². The topological polar surface area (TPSA) is 49.4 Å². The Morgan fingerprint density at radius 2 is 2.00 bits per heavy atom. The minimum Gasteiger partial charge on any atom is -0.343 e. The second-order valence-electron chi connectivity index (χ2n) is 6.30. The Morgan fingerprint density at radius 1 is 1.30 bits per heavy atom. The standard InChI is InChI=1S/C16H20N2O2/c1-10-14(19)18(16(2,3)15(20)17-10)9-12-8-11-6-4-5-7-13(11)12/h4-7,10,12H,8-9H2,1-3H3,(H,17,20). The molecule has 2 aliphatic rings. The lowest BCUT2D eigenvalue weighted by molar-refractivity contribution is -0.155. The Hall–Kier alpha value is -1.84. The van der Waals surface area contributed by atoms with E-state index in [2.05, 4.69) is 17.4 Å². The summed E-state index contributed by atoms with van der Waals surface area (Å²) < 4.78 is 0. The first-order valence-electron chi connectivity index (χ1n) is 7.11. The second kappa shape index (κ2) is 4.33. The third-order valence-electron chi connectivity index (χ3n) is 4.58. The van der Waals surface area contributed by atoms with Gasteiger partial charge in [0.05, 0.1) is 0 Å². The molecule has 2 atom stereocenters. The zero-order valence-electron chi connectivity index (χ0n) is 12.1. The molecule has 1 aliphatic carbocycles. The summed E-state index contributed by atoms with van der Waals surface area (Å²) in [6.07, 6.45) is 0.992. The SMILES string of the molecule is CC1NC(=O)C(C)(C)N(CC2Cc3ccccc32)C1=O. The van der Waals surface area contributed by atoms with Crippen LogP contribution >= 0.6 is 0 Å². The van der Waals surface area contributed by atoms with Gasteiger partial charge in [-0.25, -0.2) is 0 Å². The number of nitrogens with one attached hydrogen (secondary N) is 1. The molecule has 2 amide bonds. The number of piperazine rings is 1. The van der Waals surface area contributed by atoms with Crippen molar-refractivity contribution in [1.29, 1.82) is 0 Å². The molecular weight excluding hydrogens is 252 g/mol. The van der Waals surface area contributed by atoms with E-state index in [0.717, 1.165) is 6.42 Å². The molecule has 4 heteroatoms. The third-order valence-corrected chi connectivity index (χ3v) is 4.58. The van der Waals surface area contributed by atoms with Crippen molar-refractivity contribution in [3.05, 3.63) is 35.4 Å². The summed E-state index contributed by atoms with van der Waals surface area (Å²) in [7, 11) is 0. The van der Waals surface area contributed by atoms with E-state index in [1.165, 1.54) is 11.1 Å². The van der Waals surface area contributed by atoms with Crippen LogP contribution in [0.1, 0.15) is 37.8 Å². The fraction of sp³-hybridized carbons (Fsp3) is 0.500. The van der Waals surface area contributed by atoms with E-state index in [-0.39, 0.29) is 11.8 Å². The average molecular weight is 272 g/mol. The molecule has 1 N–H and O–H groups in total. The van der Waals surface area contributed by atoms with Gasteiger partial charge in [-0.15, -0.1) is 0 Å².